The molecule has 152 valence electrons. The summed E-state index contributed by atoms with van der Waals surface area (Å²) < 4.78 is 38.7. The number of aryl methyl sites for hydroxylation is 1. The Morgan fingerprint density at radius 2 is 1.86 bits per heavy atom. The van der Waals surface area contributed by atoms with Crippen LogP contribution in [0.15, 0.2) is 39.9 Å². The summed E-state index contributed by atoms with van der Waals surface area (Å²) in [6.45, 7) is 1.96. The summed E-state index contributed by atoms with van der Waals surface area (Å²) in [5, 5.41) is 0. The van der Waals surface area contributed by atoms with Crippen LogP contribution in [0.2, 0.25) is 0 Å². The molecule has 0 spiro atoms. The van der Waals surface area contributed by atoms with E-state index in [1.54, 1.807) is 26.4 Å². The van der Waals surface area contributed by atoms with Gasteiger partial charge in [0.05, 0.1) is 36.9 Å². The summed E-state index contributed by atoms with van der Waals surface area (Å²) in [5.74, 6) is -1.01. The maximum atomic E-state index is 13.8. The van der Waals surface area contributed by atoms with Crippen molar-refractivity contribution in [3.63, 3.8) is 0 Å². The van der Waals surface area contributed by atoms with Gasteiger partial charge in [0.1, 0.15) is 28.5 Å². The van der Waals surface area contributed by atoms with Crippen LogP contribution in [0.4, 0.5) is 8.78 Å². The predicted octanol–water partition coefficient (Wildman–Crippen LogP) is 3.16. The largest absolute Gasteiger partial charge is 0.472 e. The molecule has 3 aromatic rings. The lowest BCUT2D eigenvalue weighted by Crippen LogP contribution is -2.26. The second-order valence-electron chi connectivity index (χ2n) is 6.13. The Hall–Kier alpha value is -2.72. The van der Waals surface area contributed by atoms with Gasteiger partial charge < -0.3 is 9.47 Å². The van der Waals surface area contributed by atoms with E-state index >= 15 is 0 Å². The van der Waals surface area contributed by atoms with Crippen molar-refractivity contribution >= 4 is 15.9 Å². The Balaban J connectivity index is 1.79. The Morgan fingerprint density at radius 1 is 1.14 bits per heavy atom. The second kappa shape index (κ2) is 9.19. The zero-order chi connectivity index (χ0) is 21.0. The number of aromatic nitrogens is 4. The zero-order valence-electron chi connectivity index (χ0n) is 15.7. The molecule has 29 heavy (non-hydrogen) atoms. The number of benzene rings is 1. The van der Waals surface area contributed by atoms with Gasteiger partial charge in [-0.3, -0.25) is 19.3 Å². The highest BCUT2D eigenvalue weighted by Crippen LogP contribution is 2.21. The van der Waals surface area contributed by atoms with Gasteiger partial charge >= 0.3 is 0 Å². The molecule has 10 heteroatoms. The SMILES string of the molecule is COCc1cnc(Cn2c(C)nc(OCc3ccc(F)cc3F)c(Br)c2=O)cn1. The quantitative estimate of drug-likeness (QED) is 0.532. The van der Waals surface area contributed by atoms with Crippen molar-refractivity contribution in [2.24, 2.45) is 0 Å². The fourth-order valence-corrected chi connectivity index (χ4v) is 2.94. The first kappa shape index (κ1) is 21.0. The van der Waals surface area contributed by atoms with Crippen molar-refractivity contribution in [1.29, 1.82) is 0 Å². The van der Waals surface area contributed by atoms with Gasteiger partial charge in [0.15, 0.2) is 0 Å². The maximum Gasteiger partial charge on any atom is 0.272 e. The Labute approximate surface area is 173 Å². The van der Waals surface area contributed by atoms with Gasteiger partial charge in [0.2, 0.25) is 5.88 Å². The minimum atomic E-state index is -0.735. The molecule has 1 aromatic carbocycles. The van der Waals surface area contributed by atoms with Crippen LogP contribution in [0.25, 0.3) is 0 Å². The van der Waals surface area contributed by atoms with E-state index in [0.717, 1.165) is 12.1 Å². The Bertz CT molecular complexity index is 1070. The average Bonchev–Trinajstić information content (AvgIpc) is 2.69. The van der Waals surface area contributed by atoms with Crippen LogP contribution < -0.4 is 10.3 Å². The summed E-state index contributed by atoms with van der Waals surface area (Å²) in [6.07, 6.45) is 3.15. The molecule has 0 radical (unpaired) electrons. The number of halogens is 3. The molecule has 0 saturated carbocycles. The van der Waals surface area contributed by atoms with Gasteiger partial charge in [0, 0.05) is 18.7 Å². The van der Waals surface area contributed by atoms with Crippen molar-refractivity contribution in [3.8, 4) is 5.88 Å². The van der Waals surface area contributed by atoms with Crippen molar-refractivity contribution in [1.82, 2.24) is 19.5 Å². The lowest BCUT2D eigenvalue weighted by Gasteiger charge is -2.13. The molecular formula is C19H17BrF2N4O3. The molecular weight excluding hydrogens is 450 g/mol. The first-order chi connectivity index (χ1) is 13.9. The average molecular weight is 467 g/mol. The van der Waals surface area contributed by atoms with Gasteiger partial charge in [0.25, 0.3) is 5.56 Å². The summed E-state index contributed by atoms with van der Waals surface area (Å²) >= 11 is 3.19. The van der Waals surface area contributed by atoms with Crippen LogP contribution in [0.3, 0.4) is 0 Å². The monoisotopic (exact) mass is 466 g/mol. The van der Waals surface area contributed by atoms with Crippen molar-refractivity contribution < 1.29 is 18.3 Å². The molecule has 0 aliphatic rings. The fraction of sp³-hybridized carbons (Fsp3) is 0.263. The van der Waals surface area contributed by atoms with E-state index in [-0.39, 0.29) is 34.6 Å². The summed E-state index contributed by atoms with van der Waals surface area (Å²) in [4.78, 5) is 25.5. The van der Waals surface area contributed by atoms with E-state index < -0.39 is 11.6 Å². The number of ether oxygens (including phenoxy) is 2. The van der Waals surface area contributed by atoms with Gasteiger partial charge in [-0.05, 0) is 35.0 Å². The molecule has 7 nitrogen and oxygen atoms in total. The van der Waals surface area contributed by atoms with Gasteiger partial charge in [-0.15, -0.1) is 0 Å². The van der Waals surface area contributed by atoms with Crippen molar-refractivity contribution in [2.75, 3.05) is 7.11 Å². The molecule has 0 aliphatic carbocycles. The number of methoxy groups -OCH3 is 1. The van der Waals surface area contributed by atoms with E-state index in [1.807, 2.05) is 0 Å². The van der Waals surface area contributed by atoms with Crippen molar-refractivity contribution in [3.05, 3.63) is 79.8 Å². The van der Waals surface area contributed by atoms with Crippen molar-refractivity contribution in [2.45, 2.75) is 26.7 Å². The molecule has 0 bridgehead atoms. The predicted molar refractivity (Wildman–Crippen MR) is 103 cm³/mol. The van der Waals surface area contributed by atoms with Gasteiger partial charge in [-0.2, -0.15) is 4.98 Å². The minimum absolute atomic E-state index is 0.0222. The van der Waals surface area contributed by atoms with Crippen LogP contribution in [0, 0.1) is 18.6 Å². The molecule has 0 fully saturated rings. The van der Waals surface area contributed by atoms with Crippen LogP contribution in [0.5, 0.6) is 5.88 Å². The fourth-order valence-electron chi connectivity index (χ4n) is 2.53. The molecule has 0 unspecified atom stereocenters. The smallest absolute Gasteiger partial charge is 0.272 e. The highest BCUT2D eigenvalue weighted by molar-refractivity contribution is 9.10. The van der Waals surface area contributed by atoms with E-state index in [4.69, 9.17) is 9.47 Å². The topological polar surface area (TPSA) is 79.1 Å². The molecule has 2 aromatic heterocycles. The van der Waals surface area contributed by atoms with E-state index in [0.29, 0.717) is 23.8 Å². The molecule has 0 saturated heterocycles. The van der Waals surface area contributed by atoms with E-state index in [1.165, 1.54) is 10.6 Å². The molecule has 2 heterocycles. The molecule has 0 N–H and O–H groups in total. The van der Waals surface area contributed by atoms with Crippen LogP contribution in [-0.2, 0) is 24.5 Å². The third-order valence-electron chi connectivity index (χ3n) is 4.03. The first-order valence-electron chi connectivity index (χ1n) is 8.51. The molecule has 3 rings (SSSR count). The number of nitrogens with zero attached hydrogens (tertiary/aromatic N) is 4. The third kappa shape index (κ3) is 5.01. The number of hydrogen-bond donors (Lipinski definition) is 0. The number of hydrogen-bond acceptors (Lipinski definition) is 6. The van der Waals surface area contributed by atoms with Crippen LogP contribution in [0.1, 0.15) is 22.8 Å². The highest BCUT2D eigenvalue weighted by Gasteiger charge is 2.15. The standard InChI is InChI=1S/C19H17BrF2N4O3/c1-11-25-18(29-9-12-3-4-13(21)5-16(12)22)17(20)19(27)26(11)8-14-6-24-15(7-23-14)10-28-2/h3-7H,8-10H2,1-2H3. The van der Waals surface area contributed by atoms with E-state index in [9.17, 15) is 13.6 Å². The molecule has 0 amide bonds. The van der Waals surface area contributed by atoms with Crippen LogP contribution in [-0.4, -0.2) is 26.6 Å². The molecule has 0 atom stereocenters. The van der Waals surface area contributed by atoms with Gasteiger partial charge in [-0.1, -0.05) is 0 Å². The summed E-state index contributed by atoms with van der Waals surface area (Å²) in [7, 11) is 1.57. The Morgan fingerprint density at radius 3 is 2.52 bits per heavy atom. The van der Waals surface area contributed by atoms with E-state index in [2.05, 4.69) is 30.9 Å². The lowest BCUT2D eigenvalue weighted by atomic mass is 10.2. The summed E-state index contributed by atoms with van der Waals surface area (Å²) in [5.41, 5.74) is 1.02. The van der Waals surface area contributed by atoms with Gasteiger partial charge in [-0.25, -0.2) is 8.78 Å². The lowest BCUT2D eigenvalue weighted by molar-refractivity contribution is 0.181. The summed E-state index contributed by atoms with van der Waals surface area (Å²) in [6, 6.07) is 3.17. The first-order valence-corrected chi connectivity index (χ1v) is 9.30. The third-order valence-corrected chi connectivity index (χ3v) is 4.70. The Kier molecular flexibility index (Phi) is 6.65. The van der Waals surface area contributed by atoms with Crippen LogP contribution >= 0.6 is 15.9 Å². The second-order valence-corrected chi connectivity index (χ2v) is 6.92. The number of rotatable bonds is 7. The normalized spacial score (nSPS) is 10.9. The minimum Gasteiger partial charge on any atom is -0.472 e. The maximum absolute atomic E-state index is 13.8. The highest BCUT2D eigenvalue weighted by atomic mass is 79.9. The molecule has 0 aliphatic heterocycles. The zero-order valence-corrected chi connectivity index (χ0v) is 17.2.